The number of carbonyl (C=O) groups excluding carboxylic acids is 1. The predicted molar refractivity (Wildman–Crippen MR) is 89.9 cm³/mol. The van der Waals surface area contributed by atoms with Gasteiger partial charge in [-0.2, -0.15) is 0 Å². The molecule has 0 N–H and O–H groups in total. The third-order valence-electron chi connectivity index (χ3n) is 2.91. The van der Waals surface area contributed by atoms with Gasteiger partial charge in [0, 0.05) is 0 Å². The number of halogens is 1. The minimum absolute atomic E-state index is 0.260. The predicted octanol–water partition coefficient (Wildman–Crippen LogP) is 4.38. The molecule has 3 rings (SSSR count). The van der Waals surface area contributed by atoms with E-state index in [2.05, 4.69) is 0 Å². The Morgan fingerprint density at radius 3 is 2.86 bits per heavy atom. The Balaban J connectivity index is 1.82. The van der Waals surface area contributed by atoms with Crippen LogP contribution >= 0.6 is 24.0 Å². The Hall–Kier alpha value is -2.18. The van der Waals surface area contributed by atoms with Crippen LogP contribution in [0.15, 0.2) is 64.1 Å². The van der Waals surface area contributed by atoms with Crippen LogP contribution in [-0.2, 0) is 4.79 Å². The third-order valence-corrected chi connectivity index (χ3v) is 4.23. The molecule has 2 heterocycles. The van der Waals surface area contributed by atoms with Crippen LogP contribution in [0.1, 0.15) is 5.76 Å². The van der Waals surface area contributed by atoms with Crippen molar-refractivity contribution in [3.8, 4) is 0 Å². The van der Waals surface area contributed by atoms with E-state index in [-0.39, 0.29) is 5.91 Å². The van der Waals surface area contributed by atoms with Crippen molar-refractivity contribution in [3.63, 3.8) is 0 Å². The fourth-order valence-electron chi connectivity index (χ4n) is 1.94. The van der Waals surface area contributed by atoms with Crippen molar-refractivity contribution in [1.29, 1.82) is 0 Å². The van der Waals surface area contributed by atoms with Crippen molar-refractivity contribution in [2.45, 2.75) is 0 Å². The second kappa shape index (κ2) is 6.29. The maximum atomic E-state index is 13.3. The van der Waals surface area contributed by atoms with E-state index >= 15 is 0 Å². The van der Waals surface area contributed by atoms with Crippen LogP contribution in [0.25, 0.3) is 6.08 Å². The number of amides is 1. The first kappa shape index (κ1) is 14.7. The number of carbonyl (C=O) groups is 1. The Bertz CT molecular complexity index is 781. The molecule has 1 aliphatic heterocycles. The maximum Gasteiger partial charge on any atom is 0.270 e. The molecule has 110 valence electrons. The number of rotatable bonds is 3. The molecule has 1 amide bonds. The first-order chi connectivity index (χ1) is 10.6. The van der Waals surface area contributed by atoms with E-state index in [0.717, 1.165) is 0 Å². The van der Waals surface area contributed by atoms with Gasteiger partial charge in [0.25, 0.3) is 5.91 Å². The number of hydrogen-bond acceptors (Lipinski definition) is 4. The second-order valence-corrected chi connectivity index (χ2v) is 6.07. The molecule has 0 unspecified atom stereocenters. The zero-order valence-electron chi connectivity index (χ0n) is 11.2. The van der Waals surface area contributed by atoms with Crippen LogP contribution in [-0.4, -0.2) is 10.2 Å². The average Bonchev–Trinajstić information content (AvgIpc) is 3.08. The van der Waals surface area contributed by atoms with Crippen LogP contribution in [0.3, 0.4) is 0 Å². The molecule has 0 aliphatic carbocycles. The van der Waals surface area contributed by atoms with Gasteiger partial charge in [0.2, 0.25) is 0 Å². The molecule has 6 heteroatoms. The average molecular weight is 331 g/mol. The van der Waals surface area contributed by atoms with E-state index in [1.807, 2.05) is 6.07 Å². The van der Waals surface area contributed by atoms with Crippen molar-refractivity contribution in [2.75, 3.05) is 4.90 Å². The molecule has 1 saturated heterocycles. The molecule has 1 fully saturated rings. The van der Waals surface area contributed by atoms with Gasteiger partial charge in [0.15, 0.2) is 4.32 Å². The standard InChI is InChI=1S/C16H10FNO2S2/c17-11-4-1-5-12(10-11)18-15(19)14(22-16(18)21)8-2-6-13-7-3-9-20-13/h1-10H/b6-2+,14-8+. The molecule has 0 saturated carbocycles. The highest BCUT2D eigenvalue weighted by Gasteiger charge is 2.32. The monoisotopic (exact) mass is 331 g/mol. The number of thioether (sulfide) groups is 1. The molecular formula is C16H10FNO2S2. The van der Waals surface area contributed by atoms with E-state index in [1.54, 1.807) is 42.7 Å². The Kier molecular flexibility index (Phi) is 4.22. The highest BCUT2D eigenvalue weighted by molar-refractivity contribution is 8.27. The van der Waals surface area contributed by atoms with E-state index in [1.165, 1.54) is 28.8 Å². The summed E-state index contributed by atoms with van der Waals surface area (Å²) in [6.07, 6.45) is 6.70. The van der Waals surface area contributed by atoms with Gasteiger partial charge >= 0.3 is 0 Å². The van der Waals surface area contributed by atoms with Crippen LogP contribution in [0.5, 0.6) is 0 Å². The summed E-state index contributed by atoms with van der Waals surface area (Å²) in [6, 6.07) is 9.39. The number of nitrogens with zero attached hydrogens (tertiary/aromatic N) is 1. The maximum absolute atomic E-state index is 13.3. The molecule has 22 heavy (non-hydrogen) atoms. The van der Waals surface area contributed by atoms with Gasteiger partial charge in [-0.1, -0.05) is 36.1 Å². The Labute approximate surface area is 136 Å². The van der Waals surface area contributed by atoms with Crippen molar-refractivity contribution in [2.24, 2.45) is 0 Å². The minimum atomic E-state index is -0.409. The molecule has 1 aromatic heterocycles. The molecular weight excluding hydrogens is 321 g/mol. The van der Waals surface area contributed by atoms with Crippen molar-refractivity contribution >= 4 is 46.0 Å². The molecule has 0 atom stereocenters. The van der Waals surface area contributed by atoms with Gasteiger partial charge in [-0.25, -0.2) is 4.39 Å². The van der Waals surface area contributed by atoms with E-state index < -0.39 is 5.82 Å². The van der Waals surface area contributed by atoms with Gasteiger partial charge in [-0.15, -0.1) is 0 Å². The summed E-state index contributed by atoms with van der Waals surface area (Å²) >= 11 is 6.40. The van der Waals surface area contributed by atoms with Gasteiger partial charge in [-0.3, -0.25) is 9.69 Å². The molecule has 0 radical (unpaired) electrons. The third kappa shape index (κ3) is 3.03. The fraction of sp³-hybridized carbons (Fsp3) is 0. The van der Waals surface area contributed by atoms with Gasteiger partial charge in [0.1, 0.15) is 11.6 Å². The SMILES string of the molecule is O=C1/C(=C\C=C\c2ccco2)SC(=S)N1c1cccc(F)c1. The van der Waals surface area contributed by atoms with Crippen molar-refractivity contribution in [1.82, 2.24) is 0 Å². The lowest BCUT2D eigenvalue weighted by atomic mass is 10.3. The summed E-state index contributed by atoms with van der Waals surface area (Å²) in [7, 11) is 0. The first-order valence-electron chi connectivity index (χ1n) is 6.39. The lowest BCUT2D eigenvalue weighted by Gasteiger charge is -2.14. The number of hydrogen-bond donors (Lipinski definition) is 0. The van der Waals surface area contributed by atoms with Crippen LogP contribution in [0.2, 0.25) is 0 Å². The molecule has 1 aromatic carbocycles. The number of anilines is 1. The quantitative estimate of drug-likeness (QED) is 0.617. The lowest BCUT2D eigenvalue weighted by Crippen LogP contribution is -2.27. The Morgan fingerprint density at radius 2 is 2.14 bits per heavy atom. The molecule has 2 aromatic rings. The molecule has 1 aliphatic rings. The summed E-state index contributed by atoms with van der Waals surface area (Å²) in [5.74, 6) is 0.0230. The first-order valence-corrected chi connectivity index (χ1v) is 7.61. The zero-order valence-corrected chi connectivity index (χ0v) is 12.9. The van der Waals surface area contributed by atoms with Crippen molar-refractivity contribution in [3.05, 3.63) is 71.3 Å². The van der Waals surface area contributed by atoms with Crippen LogP contribution < -0.4 is 4.90 Å². The molecule has 0 bridgehead atoms. The second-order valence-electron chi connectivity index (χ2n) is 4.39. The van der Waals surface area contributed by atoms with Gasteiger partial charge < -0.3 is 4.42 Å². The number of allylic oxidation sites excluding steroid dienone is 2. The summed E-state index contributed by atoms with van der Waals surface area (Å²) in [5.41, 5.74) is 0.431. The smallest absolute Gasteiger partial charge is 0.270 e. The zero-order chi connectivity index (χ0) is 15.5. The number of benzene rings is 1. The minimum Gasteiger partial charge on any atom is -0.465 e. The van der Waals surface area contributed by atoms with E-state index in [9.17, 15) is 9.18 Å². The topological polar surface area (TPSA) is 33.5 Å². The Morgan fingerprint density at radius 1 is 1.27 bits per heavy atom. The van der Waals surface area contributed by atoms with Crippen LogP contribution in [0, 0.1) is 5.82 Å². The fourth-order valence-corrected chi connectivity index (χ4v) is 3.19. The van der Waals surface area contributed by atoms with E-state index in [4.69, 9.17) is 16.6 Å². The summed E-state index contributed by atoms with van der Waals surface area (Å²) in [5, 5.41) is 0. The molecule has 3 nitrogen and oxygen atoms in total. The molecule has 0 spiro atoms. The summed E-state index contributed by atoms with van der Waals surface area (Å²) in [6.45, 7) is 0. The van der Waals surface area contributed by atoms with Gasteiger partial charge in [0.05, 0.1) is 16.9 Å². The number of furan rings is 1. The normalized spacial score (nSPS) is 17.1. The highest BCUT2D eigenvalue weighted by atomic mass is 32.2. The van der Waals surface area contributed by atoms with E-state index in [0.29, 0.717) is 20.7 Å². The summed E-state index contributed by atoms with van der Waals surface area (Å²) < 4.78 is 18.9. The summed E-state index contributed by atoms with van der Waals surface area (Å²) in [4.78, 5) is 14.2. The highest BCUT2D eigenvalue weighted by Crippen LogP contribution is 2.35. The van der Waals surface area contributed by atoms with Gasteiger partial charge in [-0.05, 0) is 42.5 Å². The van der Waals surface area contributed by atoms with Crippen LogP contribution in [0.4, 0.5) is 10.1 Å². The lowest BCUT2D eigenvalue weighted by molar-refractivity contribution is -0.113. The largest absolute Gasteiger partial charge is 0.465 e. The number of thiocarbonyl (C=S) groups is 1. The van der Waals surface area contributed by atoms with Crippen molar-refractivity contribution < 1.29 is 13.6 Å².